The normalized spacial score (nSPS) is 22.3. The highest BCUT2D eigenvalue weighted by Crippen LogP contribution is 2.27. The first-order valence-electron chi connectivity index (χ1n) is 7.28. The molecule has 0 radical (unpaired) electrons. The van der Waals surface area contributed by atoms with Gasteiger partial charge in [-0.15, -0.1) is 0 Å². The van der Waals surface area contributed by atoms with Crippen LogP contribution < -0.4 is 9.80 Å². The molecule has 0 spiro atoms. The van der Waals surface area contributed by atoms with Crippen molar-refractivity contribution in [3.8, 4) is 0 Å². The number of ether oxygens (including phenoxy) is 2. The number of hydrogen-bond acceptors (Lipinski definition) is 6. The van der Waals surface area contributed by atoms with Gasteiger partial charge < -0.3 is 14.4 Å². The fourth-order valence-corrected chi connectivity index (χ4v) is 3.38. The molecule has 1 N–H and O–H groups in total. The molecule has 1 aromatic rings. The predicted octanol–water partition coefficient (Wildman–Crippen LogP) is 0.736. The van der Waals surface area contributed by atoms with Gasteiger partial charge in [-0.2, -0.15) is 8.42 Å². The Labute approximate surface area is 134 Å². The molecule has 1 unspecified atom stereocenters. The minimum atomic E-state index is -4.19. The highest BCUT2D eigenvalue weighted by molar-refractivity contribution is 7.85. The third kappa shape index (κ3) is 3.92. The van der Waals surface area contributed by atoms with E-state index in [1.54, 1.807) is 6.07 Å². The Morgan fingerprint density at radius 1 is 1.22 bits per heavy atom. The second-order valence-electron chi connectivity index (χ2n) is 5.48. The first-order chi connectivity index (χ1) is 10.9. The zero-order chi connectivity index (χ0) is 16.4. The third-order valence-corrected chi connectivity index (χ3v) is 4.58. The van der Waals surface area contributed by atoms with Gasteiger partial charge in [0.05, 0.1) is 19.8 Å². The number of hydrogen-bond donors (Lipinski definition) is 1. The minimum absolute atomic E-state index is 0.0885. The molecule has 23 heavy (non-hydrogen) atoms. The summed E-state index contributed by atoms with van der Waals surface area (Å²) in [6.07, 6.45) is -1.48. The Kier molecular flexibility index (Phi) is 4.42. The zero-order valence-electron chi connectivity index (χ0n) is 12.4. The maximum Gasteiger partial charge on any atom is 0.414 e. The highest BCUT2D eigenvalue weighted by Gasteiger charge is 2.35. The fraction of sp³-hybridized carbons (Fsp3) is 0.500. The summed E-state index contributed by atoms with van der Waals surface area (Å²) >= 11 is 0. The average Bonchev–Trinajstić information content (AvgIpc) is 2.87. The Bertz CT molecular complexity index is 686. The number of morpholine rings is 1. The van der Waals surface area contributed by atoms with Gasteiger partial charge in [-0.3, -0.25) is 9.45 Å². The topological polar surface area (TPSA) is 96.4 Å². The number of amides is 1. The van der Waals surface area contributed by atoms with Crippen LogP contribution in [0.25, 0.3) is 0 Å². The van der Waals surface area contributed by atoms with Crippen molar-refractivity contribution in [3.63, 3.8) is 0 Å². The van der Waals surface area contributed by atoms with Crippen LogP contribution >= 0.6 is 0 Å². The Morgan fingerprint density at radius 3 is 2.61 bits per heavy atom. The van der Waals surface area contributed by atoms with Crippen LogP contribution in [-0.4, -0.2) is 63.8 Å². The van der Waals surface area contributed by atoms with Crippen molar-refractivity contribution in [3.05, 3.63) is 24.3 Å². The molecule has 1 amide bonds. The molecule has 3 rings (SSSR count). The van der Waals surface area contributed by atoms with E-state index in [0.717, 1.165) is 18.8 Å². The Hall–Kier alpha value is -1.84. The van der Waals surface area contributed by atoms with Crippen molar-refractivity contribution in [2.24, 2.45) is 0 Å². The van der Waals surface area contributed by atoms with E-state index in [1.807, 2.05) is 18.2 Å². The minimum Gasteiger partial charge on any atom is -0.443 e. The largest absolute Gasteiger partial charge is 0.443 e. The summed E-state index contributed by atoms with van der Waals surface area (Å²) in [7, 11) is -4.19. The van der Waals surface area contributed by atoms with Crippen molar-refractivity contribution in [1.82, 2.24) is 0 Å². The lowest BCUT2D eigenvalue weighted by Gasteiger charge is -2.29. The van der Waals surface area contributed by atoms with Gasteiger partial charge in [-0.1, -0.05) is 6.07 Å². The van der Waals surface area contributed by atoms with Gasteiger partial charge in [0.25, 0.3) is 10.1 Å². The van der Waals surface area contributed by atoms with E-state index in [9.17, 15) is 13.2 Å². The number of carbonyl (C=O) groups excluding carboxylic acids is 1. The second-order valence-corrected chi connectivity index (χ2v) is 6.98. The molecule has 126 valence electrons. The van der Waals surface area contributed by atoms with Crippen LogP contribution in [0.4, 0.5) is 16.2 Å². The Morgan fingerprint density at radius 2 is 1.91 bits per heavy atom. The molecule has 9 heteroatoms. The van der Waals surface area contributed by atoms with Crippen LogP contribution in [0.15, 0.2) is 24.3 Å². The number of cyclic esters (lactones) is 1. The van der Waals surface area contributed by atoms with E-state index < -0.39 is 28.1 Å². The van der Waals surface area contributed by atoms with Crippen LogP contribution in [0.2, 0.25) is 0 Å². The standard InChI is InChI=1S/C14H18N2O6S/c17-14-16(9-13(22-14)10-23(18,19)20)12-3-1-2-11(8-12)15-4-6-21-7-5-15/h1-3,8,13H,4-7,9-10H2,(H,18,19,20). The van der Waals surface area contributed by atoms with E-state index >= 15 is 0 Å². The van der Waals surface area contributed by atoms with Crippen molar-refractivity contribution in [1.29, 1.82) is 0 Å². The number of benzene rings is 1. The van der Waals surface area contributed by atoms with E-state index in [1.165, 1.54) is 4.90 Å². The molecule has 0 aromatic heterocycles. The summed E-state index contributed by atoms with van der Waals surface area (Å²) in [5.74, 6) is -0.599. The van der Waals surface area contributed by atoms with Crippen LogP contribution in [0, 0.1) is 0 Å². The second kappa shape index (κ2) is 6.34. The summed E-state index contributed by atoms with van der Waals surface area (Å²) in [4.78, 5) is 15.5. The van der Waals surface area contributed by atoms with Gasteiger partial charge in [0, 0.05) is 24.5 Å². The molecule has 2 fully saturated rings. The highest BCUT2D eigenvalue weighted by atomic mass is 32.2. The molecule has 0 saturated carbocycles. The van der Waals surface area contributed by atoms with E-state index in [2.05, 4.69) is 4.90 Å². The predicted molar refractivity (Wildman–Crippen MR) is 83.5 cm³/mol. The molecular formula is C14H18N2O6S. The first kappa shape index (κ1) is 16.0. The van der Waals surface area contributed by atoms with Gasteiger partial charge >= 0.3 is 6.09 Å². The summed E-state index contributed by atoms with van der Waals surface area (Å²) in [5.41, 5.74) is 1.61. The van der Waals surface area contributed by atoms with Crippen LogP contribution in [0.3, 0.4) is 0 Å². The van der Waals surface area contributed by atoms with Gasteiger partial charge in [-0.05, 0) is 18.2 Å². The van der Waals surface area contributed by atoms with Crippen LogP contribution in [-0.2, 0) is 19.6 Å². The smallest absolute Gasteiger partial charge is 0.414 e. The molecule has 1 aromatic carbocycles. The monoisotopic (exact) mass is 342 g/mol. The van der Waals surface area contributed by atoms with Gasteiger partial charge in [0.2, 0.25) is 0 Å². The van der Waals surface area contributed by atoms with Crippen molar-refractivity contribution < 1.29 is 27.2 Å². The maximum atomic E-state index is 12.0. The summed E-state index contributed by atoms with van der Waals surface area (Å²) in [5, 5.41) is 0. The van der Waals surface area contributed by atoms with Gasteiger partial charge in [0.15, 0.2) is 0 Å². The quantitative estimate of drug-likeness (QED) is 0.806. The van der Waals surface area contributed by atoms with E-state index in [-0.39, 0.29) is 6.54 Å². The lowest BCUT2D eigenvalue weighted by atomic mass is 10.2. The van der Waals surface area contributed by atoms with Crippen LogP contribution in [0.1, 0.15) is 0 Å². The third-order valence-electron chi connectivity index (χ3n) is 3.79. The summed E-state index contributed by atoms with van der Waals surface area (Å²) in [6, 6.07) is 7.42. The summed E-state index contributed by atoms with van der Waals surface area (Å²) in [6.45, 7) is 2.96. The molecule has 2 saturated heterocycles. The Balaban J connectivity index is 1.75. The molecule has 2 aliphatic rings. The van der Waals surface area contributed by atoms with E-state index in [0.29, 0.717) is 18.9 Å². The fourth-order valence-electron chi connectivity index (χ4n) is 2.73. The van der Waals surface area contributed by atoms with Crippen LogP contribution in [0.5, 0.6) is 0 Å². The first-order valence-corrected chi connectivity index (χ1v) is 8.89. The number of rotatable bonds is 4. The number of nitrogens with zero attached hydrogens (tertiary/aromatic N) is 2. The van der Waals surface area contributed by atoms with Gasteiger partial charge in [0.1, 0.15) is 11.9 Å². The SMILES string of the molecule is O=C1OC(CS(=O)(=O)O)CN1c1cccc(N2CCOCC2)c1. The average molecular weight is 342 g/mol. The van der Waals surface area contributed by atoms with Gasteiger partial charge in [-0.25, -0.2) is 4.79 Å². The molecule has 0 bridgehead atoms. The molecular weight excluding hydrogens is 324 g/mol. The molecule has 1 atom stereocenters. The molecule has 0 aliphatic carbocycles. The van der Waals surface area contributed by atoms with Crippen molar-refractivity contribution in [2.75, 3.05) is 48.4 Å². The van der Waals surface area contributed by atoms with Crippen molar-refractivity contribution >= 4 is 27.6 Å². The van der Waals surface area contributed by atoms with E-state index in [4.69, 9.17) is 14.0 Å². The van der Waals surface area contributed by atoms with Crippen molar-refractivity contribution in [2.45, 2.75) is 6.10 Å². The number of carbonyl (C=O) groups is 1. The molecule has 2 heterocycles. The number of anilines is 2. The molecule has 8 nitrogen and oxygen atoms in total. The lowest BCUT2D eigenvalue weighted by molar-refractivity contribution is 0.122. The maximum absolute atomic E-state index is 12.0. The molecule has 2 aliphatic heterocycles. The zero-order valence-corrected chi connectivity index (χ0v) is 13.2. The summed E-state index contributed by atoms with van der Waals surface area (Å²) < 4.78 is 41.1. The lowest BCUT2D eigenvalue weighted by Crippen LogP contribution is -2.36.